The van der Waals surface area contributed by atoms with E-state index in [1.54, 1.807) is 0 Å². The molecule has 2 unspecified atom stereocenters. The Hall–Kier alpha value is -0.570. The summed E-state index contributed by atoms with van der Waals surface area (Å²) in [7, 11) is 0. The second-order valence-corrected chi connectivity index (χ2v) is 6.89. The maximum atomic E-state index is 10.9. The van der Waals surface area contributed by atoms with Crippen LogP contribution in [-0.2, 0) is 4.79 Å². The second-order valence-electron chi connectivity index (χ2n) is 6.89. The van der Waals surface area contributed by atoms with E-state index in [1.807, 2.05) is 0 Å². The minimum Gasteiger partial charge on any atom is -0.481 e. The molecule has 1 fully saturated rings. The highest BCUT2D eigenvalue weighted by molar-refractivity contribution is 5.72. The summed E-state index contributed by atoms with van der Waals surface area (Å²) in [6.45, 7) is 11.0. The maximum Gasteiger partial charge on any atom is 0.308 e. The van der Waals surface area contributed by atoms with E-state index in [-0.39, 0.29) is 22.9 Å². The monoisotopic (exact) mass is 227 g/mol. The largest absolute Gasteiger partial charge is 0.481 e. The number of carboxylic acids is 1. The zero-order valence-corrected chi connectivity index (χ0v) is 11.1. The first-order chi connectivity index (χ1) is 7.11. The topological polar surface area (TPSA) is 49.3 Å². The fourth-order valence-electron chi connectivity index (χ4n) is 2.85. The number of carboxylic acid groups (broad SMARTS) is 1. The van der Waals surface area contributed by atoms with Gasteiger partial charge in [0.05, 0.1) is 5.92 Å². The van der Waals surface area contributed by atoms with Crippen LogP contribution in [0.3, 0.4) is 0 Å². The van der Waals surface area contributed by atoms with E-state index in [2.05, 4.69) is 39.9 Å². The molecule has 16 heavy (non-hydrogen) atoms. The van der Waals surface area contributed by atoms with E-state index in [4.69, 9.17) is 5.11 Å². The van der Waals surface area contributed by atoms with Crippen LogP contribution < -0.4 is 5.32 Å². The standard InChI is InChI=1S/C13H25NO2/c1-12(2,3)8-13(4,5)14-10-7-6-9(10)11(15)16/h9-10,14H,6-8H2,1-5H3,(H,15,16). The quantitative estimate of drug-likeness (QED) is 0.776. The van der Waals surface area contributed by atoms with Crippen LogP contribution in [0.4, 0.5) is 0 Å². The van der Waals surface area contributed by atoms with Crippen LogP contribution in [0.25, 0.3) is 0 Å². The Labute approximate surface area is 98.6 Å². The van der Waals surface area contributed by atoms with Crippen LogP contribution >= 0.6 is 0 Å². The summed E-state index contributed by atoms with van der Waals surface area (Å²) >= 11 is 0. The molecule has 1 rings (SSSR count). The molecule has 2 N–H and O–H groups in total. The number of hydrogen-bond acceptors (Lipinski definition) is 2. The van der Waals surface area contributed by atoms with Gasteiger partial charge in [-0.05, 0) is 38.5 Å². The number of aliphatic carboxylic acids is 1. The first-order valence-electron chi connectivity index (χ1n) is 6.11. The zero-order valence-electron chi connectivity index (χ0n) is 11.1. The summed E-state index contributed by atoms with van der Waals surface area (Å²) in [6.07, 6.45) is 2.85. The molecule has 0 spiro atoms. The van der Waals surface area contributed by atoms with E-state index in [9.17, 15) is 4.79 Å². The molecule has 0 radical (unpaired) electrons. The van der Waals surface area contributed by atoms with Gasteiger partial charge >= 0.3 is 5.97 Å². The van der Waals surface area contributed by atoms with Crippen molar-refractivity contribution in [3.05, 3.63) is 0 Å². The third-order valence-electron chi connectivity index (χ3n) is 3.14. The van der Waals surface area contributed by atoms with E-state index in [1.165, 1.54) is 0 Å². The predicted molar refractivity (Wildman–Crippen MR) is 65.4 cm³/mol. The molecule has 3 nitrogen and oxygen atoms in total. The molecule has 0 amide bonds. The Morgan fingerprint density at radius 2 is 1.81 bits per heavy atom. The van der Waals surface area contributed by atoms with Crippen molar-refractivity contribution in [2.45, 2.75) is 65.5 Å². The van der Waals surface area contributed by atoms with Crippen molar-refractivity contribution in [1.82, 2.24) is 5.32 Å². The van der Waals surface area contributed by atoms with Crippen molar-refractivity contribution in [3.63, 3.8) is 0 Å². The van der Waals surface area contributed by atoms with Gasteiger partial charge in [-0.25, -0.2) is 0 Å². The van der Waals surface area contributed by atoms with Crippen molar-refractivity contribution >= 4 is 5.97 Å². The van der Waals surface area contributed by atoms with Crippen molar-refractivity contribution in [1.29, 1.82) is 0 Å². The third-order valence-corrected chi connectivity index (χ3v) is 3.14. The van der Waals surface area contributed by atoms with Crippen molar-refractivity contribution < 1.29 is 9.90 Å². The Morgan fingerprint density at radius 1 is 1.25 bits per heavy atom. The van der Waals surface area contributed by atoms with Gasteiger partial charge < -0.3 is 10.4 Å². The van der Waals surface area contributed by atoms with Crippen molar-refractivity contribution in [2.24, 2.45) is 11.3 Å². The SMILES string of the molecule is CC(C)(C)CC(C)(C)NC1CCC1C(=O)O. The number of hydrogen-bond donors (Lipinski definition) is 2. The molecule has 0 bridgehead atoms. The van der Waals surface area contributed by atoms with E-state index in [0.717, 1.165) is 19.3 Å². The van der Waals surface area contributed by atoms with Crippen LogP contribution in [0.5, 0.6) is 0 Å². The normalized spacial score (nSPS) is 26.3. The van der Waals surface area contributed by atoms with Gasteiger partial charge in [-0.3, -0.25) is 4.79 Å². The van der Waals surface area contributed by atoms with Gasteiger partial charge in [0.15, 0.2) is 0 Å². The van der Waals surface area contributed by atoms with Crippen molar-refractivity contribution in [3.8, 4) is 0 Å². The van der Waals surface area contributed by atoms with Gasteiger partial charge in [-0.15, -0.1) is 0 Å². The molecule has 1 saturated carbocycles. The van der Waals surface area contributed by atoms with Crippen LogP contribution in [0, 0.1) is 11.3 Å². The van der Waals surface area contributed by atoms with Crippen LogP contribution in [0.15, 0.2) is 0 Å². The van der Waals surface area contributed by atoms with Gasteiger partial charge in [0.1, 0.15) is 0 Å². The lowest BCUT2D eigenvalue weighted by atomic mass is 9.76. The predicted octanol–water partition coefficient (Wildman–Crippen LogP) is 2.65. The lowest BCUT2D eigenvalue weighted by molar-refractivity contribution is -0.146. The Balaban J connectivity index is 2.50. The molecule has 0 heterocycles. The Kier molecular flexibility index (Phi) is 3.68. The smallest absolute Gasteiger partial charge is 0.308 e. The molecule has 1 aliphatic carbocycles. The third kappa shape index (κ3) is 3.78. The second kappa shape index (κ2) is 4.36. The number of rotatable bonds is 4. The highest BCUT2D eigenvalue weighted by Gasteiger charge is 2.39. The first kappa shape index (κ1) is 13.5. The maximum absolute atomic E-state index is 10.9. The van der Waals surface area contributed by atoms with Crippen LogP contribution in [0.2, 0.25) is 0 Å². The van der Waals surface area contributed by atoms with Gasteiger partial charge in [0.2, 0.25) is 0 Å². The molecule has 3 heteroatoms. The molecule has 0 aromatic carbocycles. The Morgan fingerprint density at radius 3 is 2.12 bits per heavy atom. The summed E-state index contributed by atoms with van der Waals surface area (Å²) in [5.74, 6) is -0.838. The van der Waals surface area contributed by atoms with E-state index >= 15 is 0 Å². The highest BCUT2D eigenvalue weighted by atomic mass is 16.4. The summed E-state index contributed by atoms with van der Waals surface area (Å²) in [5.41, 5.74) is 0.274. The first-order valence-corrected chi connectivity index (χ1v) is 6.11. The molecule has 0 saturated heterocycles. The molecule has 2 atom stereocenters. The fraction of sp³-hybridized carbons (Fsp3) is 0.923. The van der Waals surface area contributed by atoms with E-state index < -0.39 is 5.97 Å². The van der Waals surface area contributed by atoms with Crippen molar-refractivity contribution in [2.75, 3.05) is 0 Å². The number of nitrogens with one attached hydrogen (secondary N) is 1. The molecular weight excluding hydrogens is 202 g/mol. The summed E-state index contributed by atoms with van der Waals surface area (Å²) in [4.78, 5) is 10.9. The lowest BCUT2D eigenvalue weighted by Crippen LogP contribution is -2.56. The summed E-state index contributed by atoms with van der Waals surface area (Å²) < 4.78 is 0. The minimum absolute atomic E-state index is 0.0109. The highest BCUT2D eigenvalue weighted by Crippen LogP contribution is 2.33. The van der Waals surface area contributed by atoms with Gasteiger partial charge in [0.25, 0.3) is 0 Å². The molecule has 0 aromatic heterocycles. The number of carbonyl (C=O) groups is 1. The lowest BCUT2D eigenvalue weighted by Gasteiger charge is -2.42. The summed E-state index contributed by atoms with van der Waals surface area (Å²) in [5, 5.41) is 12.5. The van der Waals surface area contributed by atoms with Gasteiger partial charge in [0, 0.05) is 11.6 Å². The Bertz CT molecular complexity index is 266. The average Bonchev–Trinajstić information content (AvgIpc) is 1.92. The molecule has 0 aliphatic heterocycles. The van der Waals surface area contributed by atoms with Crippen LogP contribution in [-0.4, -0.2) is 22.7 Å². The van der Waals surface area contributed by atoms with Gasteiger partial charge in [-0.1, -0.05) is 20.8 Å². The van der Waals surface area contributed by atoms with Gasteiger partial charge in [-0.2, -0.15) is 0 Å². The molecule has 0 aromatic rings. The molecular formula is C13H25NO2. The molecule has 94 valence electrons. The fourth-order valence-corrected chi connectivity index (χ4v) is 2.85. The van der Waals surface area contributed by atoms with E-state index in [0.29, 0.717) is 0 Å². The summed E-state index contributed by atoms with van der Waals surface area (Å²) in [6, 6.07) is 0.162. The average molecular weight is 227 g/mol. The molecule has 1 aliphatic rings. The minimum atomic E-state index is -0.657. The van der Waals surface area contributed by atoms with Crippen LogP contribution in [0.1, 0.15) is 53.9 Å². The zero-order chi connectivity index (χ0) is 12.6.